The first-order chi connectivity index (χ1) is 16.1. The molecule has 0 N–H and O–H groups in total. The maximum atomic E-state index is 13.2. The zero-order chi connectivity index (χ0) is 22.4. The van der Waals surface area contributed by atoms with Gasteiger partial charge in [0.25, 0.3) is 0 Å². The lowest BCUT2D eigenvalue weighted by atomic mass is 9.99. The summed E-state index contributed by atoms with van der Waals surface area (Å²) >= 11 is 0. The highest BCUT2D eigenvalue weighted by Gasteiger charge is 2.31. The second-order valence-electron chi connectivity index (χ2n) is 9.61. The lowest BCUT2D eigenvalue weighted by molar-refractivity contribution is -0.115. The number of piperazine rings is 1. The van der Waals surface area contributed by atoms with Crippen LogP contribution in [0.4, 0.5) is 5.69 Å². The first-order valence-electron chi connectivity index (χ1n) is 12.1. The molecule has 1 aromatic carbocycles. The molecule has 2 saturated heterocycles. The summed E-state index contributed by atoms with van der Waals surface area (Å²) in [4.78, 5) is 24.8. The Hall–Kier alpha value is -3.18. The van der Waals surface area contributed by atoms with Crippen molar-refractivity contribution in [2.45, 2.75) is 38.6 Å². The van der Waals surface area contributed by atoms with Crippen LogP contribution in [0.2, 0.25) is 0 Å². The lowest BCUT2D eigenvalue weighted by Crippen LogP contribution is -2.50. The van der Waals surface area contributed by atoms with E-state index < -0.39 is 0 Å². The van der Waals surface area contributed by atoms with E-state index >= 15 is 0 Å². The summed E-state index contributed by atoms with van der Waals surface area (Å²) in [6.07, 6.45) is 18.1. The Balaban J connectivity index is 1.30. The molecular formula is C28H30N4O. The minimum atomic E-state index is 0.207. The van der Waals surface area contributed by atoms with Gasteiger partial charge in [0.05, 0.1) is 17.6 Å². The Morgan fingerprint density at radius 2 is 2.03 bits per heavy atom. The van der Waals surface area contributed by atoms with Gasteiger partial charge in [-0.25, -0.2) is 0 Å². The molecule has 0 saturated carbocycles. The first-order valence-corrected chi connectivity index (χ1v) is 12.1. The molecule has 0 unspecified atom stereocenters. The third-order valence-corrected chi connectivity index (χ3v) is 7.46. The van der Waals surface area contributed by atoms with Gasteiger partial charge >= 0.3 is 0 Å². The number of aryl methyl sites for hydroxylation is 1. The molecule has 0 amide bonds. The number of hydrogen-bond acceptors (Lipinski definition) is 5. The lowest BCUT2D eigenvalue weighted by Gasteiger charge is -2.39. The maximum absolute atomic E-state index is 13.2. The third-order valence-electron chi connectivity index (χ3n) is 7.46. The number of benzene rings is 1. The average molecular weight is 439 g/mol. The van der Waals surface area contributed by atoms with E-state index in [4.69, 9.17) is 0 Å². The highest BCUT2D eigenvalue weighted by atomic mass is 16.1. The topological polar surface area (TPSA) is 39.1 Å². The monoisotopic (exact) mass is 438 g/mol. The zero-order valence-electron chi connectivity index (χ0n) is 19.2. The van der Waals surface area contributed by atoms with Crippen LogP contribution in [0, 0.1) is 0 Å². The Morgan fingerprint density at radius 1 is 1.09 bits per heavy atom. The molecule has 6 rings (SSSR count). The van der Waals surface area contributed by atoms with Gasteiger partial charge in [0.2, 0.25) is 0 Å². The Morgan fingerprint density at radius 3 is 2.97 bits per heavy atom. The van der Waals surface area contributed by atoms with Crippen molar-refractivity contribution in [3.8, 4) is 0 Å². The molecule has 5 aliphatic rings. The van der Waals surface area contributed by atoms with E-state index in [-0.39, 0.29) is 5.78 Å². The van der Waals surface area contributed by atoms with Gasteiger partial charge in [-0.1, -0.05) is 18.2 Å². The van der Waals surface area contributed by atoms with Crippen LogP contribution < -0.4 is 4.90 Å². The summed E-state index contributed by atoms with van der Waals surface area (Å²) in [5, 5.41) is 0. The van der Waals surface area contributed by atoms with Crippen LogP contribution in [0.15, 0.2) is 76.4 Å². The minimum absolute atomic E-state index is 0.207. The van der Waals surface area contributed by atoms with Crippen molar-refractivity contribution in [3.63, 3.8) is 0 Å². The van der Waals surface area contributed by atoms with Gasteiger partial charge in [-0.05, 0) is 68.1 Å². The number of rotatable bonds is 2. The molecule has 0 radical (unpaired) electrons. The Bertz CT molecular complexity index is 1180. The summed E-state index contributed by atoms with van der Waals surface area (Å²) in [5.74, 6) is 0.207. The van der Waals surface area contributed by atoms with Crippen LogP contribution in [0.5, 0.6) is 0 Å². The highest BCUT2D eigenvalue weighted by Crippen LogP contribution is 2.32. The molecule has 0 bridgehead atoms. The molecule has 1 aromatic rings. The molecule has 5 nitrogen and oxygen atoms in total. The number of carbonyl (C=O) groups is 1. The Labute approximate surface area is 195 Å². The van der Waals surface area contributed by atoms with Crippen LogP contribution in [0.25, 0.3) is 6.08 Å². The van der Waals surface area contributed by atoms with Crippen LogP contribution in [-0.4, -0.2) is 54.0 Å². The Kier molecular flexibility index (Phi) is 5.14. The number of hydrogen-bond donors (Lipinski definition) is 0. The van der Waals surface area contributed by atoms with Gasteiger partial charge in [0, 0.05) is 61.3 Å². The van der Waals surface area contributed by atoms with Gasteiger partial charge < -0.3 is 9.80 Å². The number of nitrogens with zero attached hydrogens (tertiary/aromatic N) is 4. The van der Waals surface area contributed by atoms with E-state index in [2.05, 4.69) is 44.0 Å². The van der Waals surface area contributed by atoms with E-state index in [0.29, 0.717) is 12.5 Å². The summed E-state index contributed by atoms with van der Waals surface area (Å²) in [6.45, 7) is 6.62. The molecule has 4 aliphatic heterocycles. The van der Waals surface area contributed by atoms with Crippen molar-refractivity contribution in [3.05, 3.63) is 82.5 Å². The molecule has 1 aliphatic carbocycles. The van der Waals surface area contributed by atoms with Crippen molar-refractivity contribution < 1.29 is 4.79 Å². The van der Waals surface area contributed by atoms with Crippen molar-refractivity contribution in [1.29, 1.82) is 0 Å². The largest absolute Gasteiger partial charge is 0.369 e. The van der Waals surface area contributed by atoms with Gasteiger partial charge in [-0.15, -0.1) is 0 Å². The normalized spacial score (nSPS) is 24.8. The standard InChI is InChI=1S/C28H30N4O/c1-20-17-32-18-23(4-2-5-25(32)16-29-20)27-15-22-7-9-24(14-21(22)8-10-28(27)33)31-13-12-30-11-3-6-26(30)19-31/h2,4-5,7,9,14-18,26H,3,6,8,10-13,19H2,1H3/t26-/m0/s1. The van der Waals surface area contributed by atoms with Crippen molar-refractivity contribution in [2.24, 2.45) is 4.99 Å². The van der Waals surface area contributed by atoms with Gasteiger partial charge in [0.15, 0.2) is 5.78 Å². The van der Waals surface area contributed by atoms with Crippen LogP contribution in [0.3, 0.4) is 0 Å². The van der Waals surface area contributed by atoms with E-state index in [1.54, 1.807) is 0 Å². The fourth-order valence-corrected chi connectivity index (χ4v) is 5.62. The molecule has 1 atom stereocenters. The van der Waals surface area contributed by atoms with E-state index in [0.717, 1.165) is 54.2 Å². The fourth-order valence-electron chi connectivity index (χ4n) is 5.62. The number of allylic oxidation sites excluding steroid dienone is 7. The molecular weight excluding hydrogens is 408 g/mol. The number of fused-ring (bicyclic) bond motifs is 3. The average Bonchev–Trinajstić information content (AvgIpc) is 3.11. The number of Topliss-reactive ketones (excluding diaryl/α,β-unsaturated/α-hetero) is 1. The van der Waals surface area contributed by atoms with Gasteiger partial charge in [-0.3, -0.25) is 14.7 Å². The predicted octanol–water partition coefficient (Wildman–Crippen LogP) is 4.46. The predicted molar refractivity (Wildman–Crippen MR) is 134 cm³/mol. The minimum Gasteiger partial charge on any atom is -0.369 e. The second-order valence-corrected chi connectivity index (χ2v) is 9.61. The third kappa shape index (κ3) is 3.91. The number of aliphatic imine (C=N–C) groups is 1. The molecule has 0 aromatic heterocycles. The second kappa shape index (κ2) is 8.31. The maximum Gasteiger partial charge on any atom is 0.163 e. The summed E-state index contributed by atoms with van der Waals surface area (Å²) < 4.78 is 0. The highest BCUT2D eigenvalue weighted by molar-refractivity contribution is 6.05. The number of carbonyl (C=O) groups excluding carboxylic acids is 1. The summed E-state index contributed by atoms with van der Waals surface area (Å²) in [5.41, 5.74) is 7.43. The van der Waals surface area contributed by atoms with Crippen molar-refractivity contribution >= 4 is 23.8 Å². The summed E-state index contributed by atoms with van der Waals surface area (Å²) in [7, 11) is 0. The van der Waals surface area contributed by atoms with E-state index in [9.17, 15) is 4.79 Å². The smallest absolute Gasteiger partial charge is 0.163 e. The van der Waals surface area contributed by atoms with Crippen molar-refractivity contribution in [2.75, 3.05) is 31.1 Å². The zero-order valence-corrected chi connectivity index (χ0v) is 19.2. The van der Waals surface area contributed by atoms with Crippen LogP contribution >= 0.6 is 0 Å². The molecule has 168 valence electrons. The van der Waals surface area contributed by atoms with E-state index in [1.807, 2.05) is 43.8 Å². The first kappa shape index (κ1) is 20.4. The molecule has 33 heavy (non-hydrogen) atoms. The quantitative estimate of drug-likeness (QED) is 0.684. The number of anilines is 1. The molecule has 0 spiro atoms. The van der Waals surface area contributed by atoms with Gasteiger partial charge in [0.1, 0.15) is 0 Å². The fraction of sp³-hybridized carbons (Fsp3) is 0.357. The van der Waals surface area contributed by atoms with Crippen LogP contribution in [-0.2, 0) is 11.2 Å². The van der Waals surface area contributed by atoms with Gasteiger partial charge in [-0.2, -0.15) is 0 Å². The molecule has 4 heterocycles. The van der Waals surface area contributed by atoms with E-state index in [1.165, 1.54) is 30.6 Å². The van der Waals surface area contributed by atoms with Crippen LogP contribution in [0.1, 0.15) is 37.3 Å². The molecule has 5 heteroatoms. The SMILES string of the molecule is CC1=CN2C=C(C3=Cc4ccc(N5CCN6CCC[C@H]6C5)cc4CCC3=O)C=CC=C2C=N1. The summed E-state index contributed by atoms with van der Waals surface area (Å²) in [6, 6.07) is 7.50. The van der Waals surface area contributed by atoms with Crippen molar-refractivity contribution in [1.82, 2.24) is 9.80 Å². The molecule has 2 fully saturated rings. The number of ketones is 1.